The summed E-state index contributed by atoms with van der Waals surface area (Å²) >= 11 is 0. The van der Waals surface area contributed by atoms with Gasteiger partial charge in [0.1, 0.15) is 0 Å². The zero-order chi connectivity index (χ0) is 22.2. The van der Waals surface area contributed by atoms with Crippen molar-refractivity contribution >= 4 is 0 Å². The number of aliphatic hydroxyl groups excluding tert-OH is 2. The normalized spacial score (nSPS) is 12.0. The van der Waals surface area contributed by atoms with Crippen molar-refractivity contribution in [2.75, 3.05) is 39.9 Å². The lowest BCUT2D eigenvalue weighted by Gasteiger charge is -2.35. The van der Waals surface area contributed by atoms with Crippen LogP contribution >= 0.6 is 0 Å². The number of rotatable bonds is 25. The van der Waals surface area contributed by atoms with Gasteiger partial charge in [0.25, 0.3) is 0 Å². The molecule has 30 heavy (non-hydrogen) atoms. The van der Waals surface area contributed by atoms with E-state index in [-0.39, 0.29) is 0 Å². The van der Waals surface area contributed by atoms with Crippen molar-refractivity contribution in [3.63, 3.8) is 0 Å². The fourth-order valence-electron chi connectivity index (χ4n) is 4.59. The van der Waals surface area contributed by atoms with Crippen molar-refractivity contribution in [2.45, 2.75) is 135 Å². The monoisotopic (exact) mass is 428 g/mol. The van der Waals surface area contributed by atoms with Gasteiger partial charge >= 0.3 is 0 Å². The Morgan fingerprint density at radius 1 is 0.400 bits per heavy atom. The molecule has 0 saturated heterocycles. The van der Waals surface area contributed by atoms with E-state index in [1.54, 1.807) is 0 Å². The second-order valence-electron chi connectivity index (χ2n) is 9.96. The van der Waals surface area contributed by atoms with E-state index in [1.165, 1.54) is 122 Å². The van der Waals surface area contributed by atoms with E-state index in [2.05, 4.69) is 14.0 Å². The van der Waals surface area contributed by atoms with Crippen LogP contribution < -0.4 is 0 Å². The third-order valence-corrected chi connectivity index (χ3v) is 6.76. The molecule has 0 bridgehead atoms. The molecule has 0 spiro atoms. The topological polar surface area (TPSA) is 40.5 Å². The molecule has 0 aromatic rings. The van der Waals surface area contributed by atoms with Crippen molar-refractivity contribution < 1.29 is 14.7 Å². The number of aliphatic hydroxyl groups is 2. The molecule has 3 heteroatoms. The van der Waals surface area contributed by atoms with Crippen LogP contribution in [0.3, 0.4) is 0 Å². The van der Waals surface area contributed by atoms with Gasteiger partial charge in [-0.3, -0.25) is 0 Å². The Balaban J connectivity index is 3.51. The lowest BCUT2D eigenvalue weighted by Crippen LogP contribution is -2.46. The summed E-state index contributed by atoms with van der Waals surface area (Å²) in [6.45, 7) is 6.52. The molecule has 0 aliphatic carbocycles. The standard InChI is InChI=1S/C27H58NO2/c1-3-4-5-6-7-8-9-10-11-12-13-14-15-16-17-18-23-28(2,24-19-21-26-29)25-20-22-27-30/h29-30H,3-27H2,1-2H3/q+1. The Morgan fingerprint density at radius 3 is 0.967 bits per heavy atom. The summed E-state index contributed by atoms with van der Waals surface area (Å²) in [5.41, 5.74) is 0. The number of hydrogen-bond donors (Lipinski definition) is 2. The highest BCUT2D eigenvalue weighted by atomic mass is 16.3. The fraction of sp³-hybridized carbons (Fsp3) is 1.00. The second kappa shape index (κ2) is 23.5. The molecule has 0 unspecified atom stereocenters. The molecule has 2 N–H and O–H groups in total. The van der Waals surface area contributed by atoms with E-state index >= 15 is 0 Å². The number of quaternary nitrogens is 1. The minimum absolute atomic E-state index is 0.315. The predicted octanol–water partition coefficient (Wildman–Crippen LogP) is 7.24. The lowest BCUT2D eigenvalue weighted by molar-refractivity contribution is -0.910. The van der Waals surface area contributed by atoms with E-state index in [4.69, 9.17) is 10.2 Å². The first kappa shape index (κ1) is 29.9. The molecule has 182 valence electrons. The smallest absolute Gasteiger partial charge is 0.0785 e. The van der Waals surface area contributed by atoms with E-state index < -0.39 is 0 Å². The Bertz CT molecular complexity index is 312. The van der Waals surface area contributed by atoms with E-state index in [0.29, 0.717) is 13.2 Å². The molecule has 0 atom stereocenters. The first-order valence-electron chi connectivity index (χ1n) is 13.7. The Hall–Kier alpha value is -0.120. The molecule has 0 aromatic heterocycles. The molecule has 0 radical (unpaired) electrons. The second-order valence-corrected chi connectivity index (χ2v) is 9.96. The van der Waals surface area contributed by atoms with Gasteiger partial charge in [-0.1, -0.05) is 96.8 Å². The van der Waals surface area contributed by atoms with Gasteiger partial charge in [-0.05, 0) is 38.5 Å². The average Bonchev–Trinajstić information content (AvgIpc) is 2.74. The van der Waals surface area contributed by atoms with Crippen LogP contribution in [0.25, 0.3) is 0 Å². The quantitative estimate of drug-likeness (QED) is 0.119. The highest BCUT2D eigenvalue weighted by Crippen LogP contribution is 2.15. The van der Waals surface area contributed by atoms with Gasteiger partial charge in [0.15, 0.2) is 0 Å². The van der Waals surface area contributed by atoms with Gasteiger partial charge in [0.05, 0.1) is 26.7 Å². The summed E-state index contributed by atoms with van der Waals surface area (Å²) in [6, 6.07) is 0. The minimum atomic E-state index is 0.315. The molecular formula is C27H58NO2+. The van der Waals surface area contributed by atoms with Gasteiger partial charge in [0.2, 0.25) is 0 Å². The Morgan fingerprint density at radius 2 is 0.667 bits per heavy atom. The Kier molecular flexibility index (Phi) is 23.4. The van der Waals surface area contributed by atoms with Crippen LogP contribution in [0.2, 0.25) is 0 Å². The van der Waals surface area contributed by atoms with Crippen molar-refractivity contribution in [3.05, 3.63) is 0 Å². The van der Waals surface area contributed by atoms with Gasteiger partial charge in [0, 0.05) is 13.2 Å². The molecule has 3 nitrogen and oxygen atoms in total. The Labute approximate surface area is 190 Å². The molecule has 0 aliphatic rings. The van der Waals surface area contributed by atoms with Crippen molar-refractivity contribution in [3.8, 4) is 0 Å². The largest absolute Gasteiger partial charge is 0.396 e. The van der Waals surface area contributed by atoms with Crippen LogP contribution in [0, 0.1) is 0 Å². The molecule has 0 fully saturated rings. The maximum absolute atomic E-state index is 9.06. The van der Waals surface area contributed by atoms with Crippen molar-refractivity contribution in [1.82, 2.24) is 0 Å². The molecule has 0 rings (SSSR count). The maximum Gasteiger partial charge on any atom is 0.0785 e. The number of unbranched alkanes of at least 4 members (excludes halogenated alkanes) is 17. The van der Waals surface area contributed by atoms with Gasteiger partial charge in [-0.25, -0.2) is 0 Å². The predicted molar refractivity (Wildman–Crippen MR) is 133 cm³/mol. The van der Waals surface area contributed by atoms with Crippen molar-refractivity contribution in [1.29, 1.82) is 0 Å². The summed E-state index contributed by atoms with van der Waals surface area (Å²) in [7, 11) is 2.37. The number of hydrogen-bond acceptors (Lipinski definition) is 2. The first-order valence-corrected chi connectivity index (χ1v) is 13.7. The van der Waals surface area contributed by atoms with E-state index in [9.17, 15) is 0 Å². The van der Waals surface area contributed by atoms with Gasteiger partial charge < -0.3 is 14.7 Å². The zero-order valence-electron chi connectivity index (χ0n) is 21.0. The first-order chi connectivity index (χ1) is 14.7. The van der Waals surface area contributed by atoms with Gasteiger partial charge in [-0.2, -0.15) is 0 Å². The highest BCUT2D eigenvalue weighted by Gasteiger charge is 2.19. The van der Waals surface area contributed by atoms with Crippen LogP contribution in [-0.4, -0.2) is 54.6 Å². The molecule has 0 amide bonds. The van der Waals surface area contributed by atoms with Crippen LogP contribution in [0.1, 0.15) is 135 Å². The molecule has 0 saturated carbocycles. The highest BCUT2D eigenvalue weighted by molar-refractivity contribution is 4.51. The molecule has 0 heterocycles. The summed E-state index contributed by atoms with van der Waals surface area (Å²) < 4.78 is 1.12. The average molecular weight is 429 g/mol. The maximum atomic E-state index is 9.06. The summed E-state index contributed by atoms with van der Waals surface area (Å²) in [5, 5.41) is 18.1. The van der Waals surface area contributed by atoms with Crippen LogP contribution in [0.4, 0.5) is 0 Å². The third kappa shape index (κ3) is 21.1. The van der Waals surface area contributed by atoms with E-state index in [0.717, 1.165) is 30.2 Å². The fourth-order valence-corrected chi connectivity index (χ4v) is 4.59. The van der Waals surface area contributed by atoms with Gasteiger partial charge in [-0.15, -0.1) is 0 Å². The van der Waals surface area contributed by atoms with Crippen LogP contribution in [0.5, 0.6) is 0 Å². The summed E-state index contributed by atoms with van der Waals surface area (Å²) in [6.07, 6.45) is 26.9. The SMILES string of the molecule is CCCCCCCCCCCCCCCCCC[N+](C)(CCCCO)CCCCO. The van der Waals surface area contributed by atoms with Crippen LogP contribution in [0.15, 0.2) is 0 Å². The van der Waals surface area contributed by atoms with E-state index in [1.807, 2.05) is 0 Å². The zero-order valence-corrected chi connectivity index (χ0v) is 21.0. The molecule has 0 aromatic carbocycles. The molecule has 0 aliphatic heterocycles. The molecular weight excluding hydrogens is 370 g/mol. The van der Waals surface area contributed by atoms with Crippen LogP contribution in [-0.2, 0) is 0 Å². The lowest BCUT2D eigenvalue weighted by atomic mass is 10.0. The summed E-state index contributed by atoms with van der Waals surface area (Å²) in [5.74, 6) is 0. The number of nitrogens with zero attached hydrogens (tertiary/aromatic N) is 1. The van der Waals surface area contributed by atoms with Crippen molar-refractivity contribution in [2.24, 2.45) is 0 Å². The minimum Gasteiger partial charge on any atom is -0.396 e. The third-order valence-electron chi connectivity index (χ3n) is 6.76. The summed E-state index contributed by atoms with van der Waals surface area (Å²) in [4.78, 5) is 0.